The minimum atomic E-state index is -3.92. The summed E-state index contributed by atoms with van der Waals surface area (Å²) < 4.78 is 33.6. The van der Waals surface area contributed by atoms with Crippen LogP contribution in [0, 0.1) is 5.41 Å². The molecule has 0 heterocycles. The van der Waals surface area contributed by atoms with Crippen LogP contribution in [0.5, 0.6) is 5.75 Å². The van der Waals surface area contributed by atoms with Crippen LogP contribution in [0.25, 0.3) is 10.4 Å². The number of aliphatic hydroxyl groups is 1. The van der Waals surface area contributed by atoms with Crippen LogP contribution in [0.15, 0.2) is 64.6 Å². The summed E-state index contributed by atoms with van der Waals surface area (Å²) in [4.78, 5) is 2.88. The minimum absolute atomic E-state index is 0.113. The summed E-state index contributed by atoms with van der Waals surface area (Å²) in [5.74, 6) is 0.550. The maximum atomic E-state index is 13.6. The first-order valence-corrected chi connectivity index (χ1v) is 12.7. The molecule has 0 bridgehead atoms. The lowest BCUT2D eigenvalue weighted by atomic mass is 9.87. The first-order valence-electron chi connectivity index (χ1n) is 11.2. The average molecular weight is 490 g/mol. The lowest BCUT2D eigenvalue weighted by Gasteiger charge is -2.34. The van der Waals surface area contributed by atoms with Crippen LogP contribution in [0.3, 0.4) is 0 Å². The first-order chi connectivity index (χ1) is 16.1. The van der Waals surface area contributed by atoms with E-state index in [1.165, 1.54) is 23.5 Å². The quantitative estimate of drug-likeness (QED) is 0.180. The summed E-state index contributed by atoms with van der Waals surface area (Å²) in [7, 11) is -2.40. The second-order valence-corrected chi connectivity index (χ2v) is 11.1. The number of benzene rings is 2. The molecule has 0 amide bonds. The van der Waals surface area contributed by atoms with Crippen LogP contribution in [-0.2, 0) is 16.4 Å². The third kappa shape index (κ3) is 8.30. The molecule has 0 aliphatic heterocycles. The summed E-state index contributed by atoms with van der Waals surface area (Å²) in [6, 6.07) is 15.1. The van der Waals surface area contributed by atoms with E-state index in [1.807, 2.05) is 44.2 Å². The Morgan fingerprint density at radius 2 is 1.82 bits per heavy atom. The Bertz CT molecular complexity index is 1040. The highest BCUT2D eigenvalue weighted by Gasteiger charge is 2.33. The zero-order chi connectivity index (χ0) is 25.2. The van der Waals surface area contributed by atoms with Gasteiger partial charge in [0.2, 0.25) is 10.0 Å². The van der Waals surface area contributed by atoms with Crippen molar-refractivity contribution in [3.8, 4) is 5.75 Å². The second-order valence-electron chi connectivity index (χ2n) is 9.12. The smallest absolute Gasteiger partial charge is 0.243 e. The van der Waals surface area contributed by atoms with Crippen LogP contribution in [-0.4, -0.2) is 56.7 Å². The molecule has 0 unspecified atom stereocenters. The molecule has 2 aromatic rings. The highest BCUT2D eigenvalue weighted by molar-refractivity contribution is 7.89. The van der Waals surface area contributed by atoms with Crippen molar-refractivity contribution in [1.82, 2.24) is 4.31 Å². The SMILES string of the molecule is COc1ccc(S(=O)(=O)N(C[C@@H](O)[C@@H](N)Cc2ccccc2)CC(C)(C)CCCN=[N+]=[N-])cc1. The molecular formula is C24H35N5O4S. The largest absolute Gasteiger partial charge is 0.497 e. The van der Waals surface area contributed by atoms with Gasteiger partial charge < -0.3 is 15.6 Å². The molecule has 0 radical (unpaired) electrons. The number of nitrogens with two attached hydrogens (primary N) is 1. The number of ether oxygens (including phenoxy) is 1. The molecule has 0 fully saturated rings. The van der Waals surface area contributed by atoms with Gasteiger partial charge in [0.05, 0.1) is 18.1 Å². The van der Waals surface area contributed by atoms with Gasteiger partial charge in [0.25, 0.3) is 0 Å². The molecule has 9 nitrogen and oxygen atoms in total. The van der Waals surface area contributed by atoms with E-state index >= 15 is 0 Å². The molecule has 3 N–H and O–H groups in total. The normalized spacial score (nSPS) is 13.8. The van der Waals surface area contributed by atoms with Crippen molar-refractivity contribution in [3.63, 3.8) is 0 Å². The first kappa shape index (κ1) is 27.6. The Morgan fingerprint density at radius 1 is 1.18 bits per heavy atom. The van der Waals surface area contributed by atoms with Gasteiger partial charge in [0, 0.05) is 30.6 Å². The van der Waals surface area contributed by atoms with E-state index < -0.39 is 27.6 Å². The molecule has 186 valence electrons. The van der Waals surface area contributed by atoms with Gasteiger partial charge >= 0.3 is 0 Å². The van der Waals surface area contributed by atoms with E-state index in [-0.39, 0.29) is 18.0 Å². The lowest BCUT2D eigenvalue weighted by molar-refractivity contribution is 0.106. The van der Waals surface area contributed by atoms with Crippen molar-refractivity contribution < 1.29 is 18.3 Å². The van der Waals surface area contributed by atoms with Crippen LogP contribution in [0.4, 0.5) is 0 Å². The molecule has 0 saturated carbocycles. The van der Waals surface area contributed by atoms with Gasteiger partial charge in [0.1, 0.15) is 5.75 Å². The van der Waals surface area contributed by atoms with E-state index in [0.29, 0.717) is 31.6 Å². The summed E-state index contributed by atoms with van der Waals surface area (Å²) in [6.07, 6.45) is 0.636. The number of hydrogen-bond donors (Lipinski definition) is 2. The van der Waals surface area contributed by atoms with E-state index in [1.54, 1.807) is 12.1 Å². The number of aliphatic hydroxyl groups excluding tert-OH is 1. The maximum absolute atomic E-state index is 13.6. The number of nitrogens with zero attached hydrogens (tertiary/aromatic N) is 4. The number of rotatable bonds is 14. The number of hydrogen-bond acceptors (Lipinski definition) is 6. The maximum Gasteiger partial charge on any atom is 0.243 e. The monoisotopic (exact) mass is 489 g/mol. The predicted octanol–water partition coefficient (Wildman–Crippen LogP) is 3.73. The lowest BCUT2D eigenvalue weighted by Crippen LogP contribution is -2.49. The second kappa shape index (κ2) is 12.7. The zero-order valence-electron chi connectivity index (χ0n) is 20.0. The fraction of sp³-hybridized carbons (Fsp3) is 0.500. The van der Waals surface area contributed by atoms with Crippen molar-refractivity contribution >= 4 is 10.0 Å². The van der Waals surface area contributed by atoms with Gasteiger partial charge in [-0.1, -0.05) is 49.3 Å². The van der Waals surface area contributed by atoms with Crippen molar-refractivity contribution in [1.29, 1.82) is 0 Å². The van der Waals surface area contributed by atoms with Crippen molar-refractivity contribution in [2.75, 3.05) is 26.7 Å². The standard InChI is InChI=1S/C24H35N5O4S/c1-24(2,14-7-15-27-28-26)18-29(34(31,32)21-12-10-20(33-3)11-13-21)17-23(30)22(25)16-19-8-5-4-6-9-19/h4-6,8-13,22-23,30H,7,14-18,25H2,1-3H3/t22-,23+/m0/s1. The Balaban J connectivity index is 2.25. The third-order valence-electron chi connectivity index (χ3n) is 5.68. The van der Waals surface area contributed by atoms with E-state index in [4.69, 9.17) is 16.0 Å². The Morgan fingerprint density at radius 3 is 2.41 bits per heavy atom. The van der Waals surface area contributed by atoms with E-state index in [0.717, 1.165) is 5.56 Å². The van der Waals surface area contributed by atoms with Gasteiger partial charge in [-0.3, -0.25) is 0 Å². The summed E-state index contributed by atoms with van der Waals surface area (Å²) >= 11 is 0. The minimum Gasteiger partial charge on any atom is -0.497 e. The molecule has 0 aromatic heterocycles. The molecule has 0 aliphatic rings. The fourth-order valence-electron chi connectivity index (χ4n) is 3.74. The number of azide groups is 1. The molecule has 2 aromatic carbocycles. The highest BCUT2D eigenvalue weighted by Crippen LogP contribution is 2.28. The van der Waals surface area contributed by atoms with Gasteiger partial charge in [-0.2, -0.15) is 4.31 Å². The molecule has 10 heteroatoms. The van der Waals surface area contributed by atoms with Gasteiger partial charge in [-0.15, -0.1) is 0 Å². The molecule has 34 heavy (non-hydrogen) atoms. The Hall–Kier alpha value is -2.62. The summed E-state index contributed by atoms with van der Waals surface area (Å²) in [6.45, 7) is 4.29. The summed E-state index contributed by atoms with van der Waals surface area (Å²) in [5, 5.41) is 14.4. The molecule has 0 spiro atoms. The van der Waals surface area contributed by atoms with Crippen molar-refractivity contribution in [2.24, 2.45) is 16.3 Å². The van der Waals surface area contributed by atoms with E-state index in [2.05, 4.69) is 10.0 Å². The predicted molar refractivity (Wildman–Crippen MR) is 133 cm³/mol. The van der Waals surface area contributed by atoms with Crippen LogP contribution in [0.2, 0.25) is 0 Å². The van der Waals surface area contributed by atoms with Gasteiger partial charge in [0.15, 0.2) is 0 Å². The molecule has 2 atom stereocenters. The summed E-state index contributed by atoms with van der Waals surface area (Å²) in [5.41, 5.74) is 15.3. The van der Waals surface area contributed by atoms with Crippen molar-refractivity contribution in [2.45, 2.75) is 50.2 Å². The van der Waals surface area contributed by atoms with Crippen LogP contribution in [0.1, 0.15) is 32.3 Å². The van der Waals surface area contributed by atoms with Crippen LogP contribution >= 0.6 is 0 Å². The molecule has 0 saturated heterocycles. The van der Waals surface area contributed by atoms with Gasteiger partial charge in [-0.05, 0) is 60.0 Å². The van der Waals surface area contributed by atoms with Crippen molar-refractivity contribution in [3.05, 3.63) is 70.6 Å². The van der Waals surface area contributed by atoms with Crippen LogP contribution < -0.4 is 10.5 Å². The number of methoxy groups -OCH3 is 1. The fourth-order valence-corrected chi connectivity index (χ4v) is 5.39. The van der Waals surface area contributed by atoms with E-state index in [9.17, 15) is 13.5 Å². The average Bonchev–Trinajstić information content (AvgIpc) is 2.82. The zero-order valence-corrected chi connectivity index (χ0v) is 20.9. The molecule has 0 aliphatic carbocycles. The number of sulfonamides is 1. The highest BCUT2D eigenvalue weighted by atomic mass is 32.2. The molecule has 2 rings (SSSR count). The Kier molecular flexibility index (Phi) is 10.3. The third-order valence-corrected chi connectivity index (χ3v) is 7.50. The van der Waals surface area contributed by atoms with Gasteiger partial charge in [-0.25, -0.2) is 8.42 Å². The topological polar surface area (TPSA) is 142 Å². The Labute approximate surface area is 202 Å². The molecular weight excluding hydrogens is 454 g/mol.